The van der Waals surface area contributed by atoms with Gasteiger partial charge in [0.1, 0.15) is 0 Å². The second-order valence-electron chi connectivity index (χ2n) is 3.46. The highest BCUT2D eigenvalue weighted by Gasteiger charge is 2.15. The molecule has 0 saturated heterocycles. The van der Waals surface area contributed by atoms with Crippen molar-refractivity contribution in [2.45, 2.75) is 6.92 Å². The number of nitrogens with zero attached hydrogens (tertiary/aromatic N) is 2. The molecule has 1 aromatic carbocycles. The van der Waals surface area contributed by atoms with Crippen LogP contribution in [0.25, 0.3) is 17.1 Å². The molecule has 0 amide bonds. The first-order valence-corrected chi connectivity index (χ1v) is 4.82. The Morgan fingerprint density at radius 1 is 1.29 bits per heavy atom. The van der Waals surface area contributed by atoms with Gasteiger partial charge in [-0.3, -0.25) is 0 Å². The molecule has 2 nitrogen and oxygen atoms in total. The third kappa shape index (κ3) is 1.15. The molecule has 0 radical (unpaired) electrons. The topological polar surface area (TPSA) is 8.81 Å². The quantitative estimate of drug-likeness (QED) is 0.604. The van der Waals surface area contributed by atoms with E-state index in [9.17, 15) is 0 Å². The third-order valence-corrected chi connectivity index (χ3v) is 2.61. The fourth-order valence-electron chi connectivity index (χ4n) is 1.88. The molecule has 0 aliphatic rings. The highest BCUT2D eigenvalue weighted by Crippen LogP contribution is 2.12. The maximum Gasteiger partial charge on any atom is 0.281 e. The summed E-state index contributed by atoms with van der Waals surface area (Å²) in [5.74, 6) is 1.22. The predicted octanol–water partition coefficient (Wildman–Crippen LogP) is 2.04. The minimum Gasteiger partial charge on any atom is -0.226 e. The summed E-state index contributed by atoms with van der Waals surface area (Å²) < 4.78 is 4.41. The largest absolute Gasteiger partial charge is 0.281 e. The molecule has 72 valence electrons. The lowest BCUT2D eigenvalue weighted by atomic mass is 10.3. The maximum atomic E-state index is 2.20. The van der Waals surface area contributed by atoms with Crippen molar-refractivity contribution in [3.8, 4) is 0 Å². The summed E-state index contributed by atoms with van der Waals surface area (Å²) in [6.45, 7) is 2.04. The van der Waals surface area contributed by atoms with E-state index in [1.54, 1.807) is 0 Å². The van der Waals surface area contributed by atoms with E-state index in [4.69, 9.17) is 0 Å². The van der Waals surface area contributed by atoms with E-state index in [0.29, 0.717) is 0 Å². The van der Waals surface area contributed by atoms with Crippen molar-refractivity contribution in [2.24, 2.45) is 14.1 Å². The highest BCUT2D eigenvalue weighted by atomic mass is 15.1. The number of aromatic nitrogens is 2. The molecule has 0 bridgehead atoms. The van der Waals surface area contributed by atoms with Gasteiger partial charge in [-0.2, -0.15) is 0 Å². The minimum absolute atomic E-state index is 1.22. The van der Waals surface area contributed by atoms with Gasteiger partial charge in [0.05, 0.1) is 14.1 Å². The van der Waals surface area contributed by atoms with E-state index in [0.717, 1.165) is 0 Å². The molecular formula is C12H15N2+. The molecule has 0 fully saturated rings. The van der Waals surface area contributed by atoms with Crippen molar-refractivity contribution < 1.29 is 4.57 Å². The van der Waals surface area contributed by atoms with Crippen molar-refractivity contribution in [3.63, 3.8) is 0 Å². The van der Waals surface area contributed by atoms with Gasteiger partial charge in [-0.15, -0.1) is 0 Å². The Hall–Kier alpha value is -1.57. The molecule has 1 heterocycles. The number of hydrogen-bond acceptors (Lipinski definition) is 0. The predicted molar refractivity (Wildman–Crippen MR) is 58.8 cm³/mol. The summed E-state index contributed by atoms with van der Waals surface area (Å²) in [7, 11) is 4.19. The van der Waals surface area contributed by atoms with E-state index < -0.39 is 0 Å². The summed E-state index contributed by atoms with van der Waals surface area (Å²) in [4.78, 5) is 0. The zero-order valence-corrected chi connectivity index (χ0v) is 8.86. The van der Waals surface area contributed by atoms with Gasteiger partial charge < -0.3 is 0 Å². The van der Waals surface area contributed by atoms with Crippen molar-refractivity contribution in [1.29, 1.82) is 0 Å². The summed E-state index contributed by atoms with van der Waals surface area (Å²) in [6, 6.07) is 8.42. The third-order valence-electron chi connectivity index (χ3n) is 2.61. The van der Waals surface area contributed by atoms with Crippen LogP contribution in [-0.4, -0.2) is 4.57 Å². The number of allylic oxidation sites excluding steroid dienone is 1. The number of rotatable bonds is 1. The van der Waals surface area contributed by atoms with Crippen LogP contribution in [0.2, 0.25) is 0 Å². The standard InChI is InChI=1S/C12H15N2/c1-4-7-12-13(2)10-8-5-6-9-11(10)14(12)3/h4-9H,1-3H3/q+1. The Labute approximate surface area is 84.1 Å². The van der Waals surface area contributed by atoms with Crippen LogP contribution in [0.4, 0.5) is 0 Å². The fraction of sp³-hybridized carbons (Fsp3) is 0.250. The average molecular weight is 187 g/mol. The lowest BCUT2D eigenvalue weighted by molar-refractivity contribution is -0.647. The van der Waals surface area contributed by atoms with E-state index in [2.05, 4.69) is 59.6 Å². The first kappa shape index (κ1) is 9.00. The smallest absolute Gasteiger partial charge is 0.226 e. The van der Waals surface area contributed by atoms with Crippen molar-refractivity contribution in [3.05, 3.63) is 36.2 Å². The van der Waals surface area contributed by atoms with E-state index in [1.807, 2.05) is 6.92 Å². The Bertz CT molecular complexity index is 453. The molecule has 0 N–H and O–H groups in total. The van der Waals surface area contributed by atoms with Crippen LogP contribution in [0.5, 0.6) is 0 Å². The fourth-order valence-corrected chi connectivity index (χ4v) is 1.88. The van der Waals surface area contributed by atoms with Crippen molar-refractivity contribution in [2.75, 3.05) is 0 Å². The summed E-state index contributed by atoms with van der Waals surface area (Å²) in [6.07, 6.45) is 4.19. The number of para-hydroxylation sites is 2. The minimum atomic E-state index is 1.22. The SMILES string of the molecule is CC=Cc1n(C)c2ccccc2[n+]1C. The lowest BCUT2D eigenvalue weighted by Gasteiger charge is -1.89. The van der Waals surface area contributed by atoms with Gasteiger partial charge in [0.15, 0.2) is 11.0 Å². The van der Waals surface area contributed by atoms with Crippen LogP contribution < -0.4 is 4.57 Å². The first-order chi connectivity index (χ1) is 6.75. The maximum absolute atomic E-state index is 2.20. The van der Waals surface area contributed by atoms with Crippen LogP contribution in [0.15, 0.2) is 30.3 Å². The van der Waals surface area contributed by atoms with Crippen LogP contribution in [-0.2, 0) is 14.1 Å². The highest BCUT2D eigenvalue weighted by molar-refractivity contribution is 5.73. The number of benzene rings is 1. The summed E-state index contributed by atoms with van der Waals surface area (Å²) in [5.41, 5.74) is 2.53. The molecule has 0 unspecified atom stereocenters. The van der Waals surface area contributed by atoms with Gasteiger partial charge >= 0.3 is 0 Å². The molecule has 14 heavy (non-hydrogen) atoms. The lowest BCUT2D eigenvalue weighted by Crippen LogP contribution is -2.30. The molecule has 0 spiro atoms. The Balaban J connectivity index is 2.85. The molecule has 0 atom stereocenters. The Morgan fingerprint density at radius 3 is 2.64 bits per heavy atom. The molecule has 1 aromatic heterocycles. The zero-order chi connectivity index (χ0) is 10.1. The van der Waals surface area contributed by atoms with Crippen LogP contribution in [0, 0.1) is 0 Å². The number of aryl methyl sites for hydroxylation is 2. The van der Waals surface area contributed by atoms with Gasteiger partial charge in [0.2, 0.25) is 0 Å². The molecule has 0 aliphatic carbocycles. The van der Waals surface area contributed by atoms with Crippen LogP contribution in [0.3, 0.4) is 0 Å². The average Bonchev–Trinajstić information content (AvgIpc) is 2.45. The first-order valence-electron chi connectivity index (χ1n) is 4.82. The summed E-state index contributed by atoms with van der Waals surface area (Å²) >= 11 is 0. The van der Waals surface area contributed by atoms with Gasteiger partial charge in [-0.1, -0.05) is 18.2 Å². The van der Waals surface area contributed by atoms with E-state index >= 15 is 0 Å². The summed E-state index contributed by atoms with van der Waals surface area (Å²) in [5, 5.41) is 0. The van der Waals surface area contributed by atoms with Crippen molar-refractivity contribution >= 4 is 17.1 Å². The number of fused-ring (bicyclic) bond motifs is 1. The second kappa shape index (κ2) is 3.29. The molecule has 0 saturated carbocycles. The van der Waals surface area contributed by atoms with E-state index in [-0.39, 0.29) is 0 Å². The molecule has 2 rings (SSSR count). The molecule has 2 heteroatoms. The van der Waals surface area contributed by atoms with Crippen molar-refractivity contribution in [1.82, 2.24) is 4.57 Å². The van der Waals surface area contributed by atoms with Crippen LogP contribution in [0.1, 0.15) is 12.7 Å². The monoisotopic (exact) mass is 187 g/mol. The van der Waals surface area contributed by atoms with Gasteiger partial charge in [0, 0.05) is 6.08 Å². The number of imidazole rings is 1. The van der Waals surface area contributed by atoms with Gasteiger partial charge in [-0.25, -0.2) is 9.13 Å². The molecule has 0 aliphatic heterocycles. The van der Waals surface area contributed by atoms with Gasteiger partial charge in [-0.05, 0) is 19.1 Å². The molecular weight excluding hydrogens is 172 g/mol. The normalized spacial score (nSPS) is 11.6. The van der Waals surface area contributed by atoms with E-state index in [1.165, 1.54) is 16.9 Å². The number of hydrogen-bond donors (Lipinski definition) is 0. The molecule has 2 aromatic rings. The van der Waals surface area contributed by atoms with Gasteiger partial charge in [0.25, 0.3) is 5.82 Å². The second-order valence-corrected chi connectivity index (χ2v) is 3.46. The Kier molecular flexibility index (Phi) is 2.12. The van der Waals surface area contributed by atoms with Crippen LogP contribution >= 0.6 is 0 Å². The zero-order valence-electron chi connectivity index (χ0n) is 8.86. The Morgan fingerprint density at radius 2 is 2.00 bits per heavy atom.